The fourth-order valence-electron chi connectivity index (χ4n) is 2.89. The van der Waals surface area contributed by atoms with Gasteiger partial charge in [-0.15, -0.1) is 0 Å². The van der Waals surface area contributed by atoms with Gasteiger partial charge in [-0.2, -0.15) is 0 Å². The van der Waals surface area contributed by atoms with Gasteiger partial charge in [0.2, 0.25) is 0 Å². The number of benzene rings is 2. The van der Waals surface area contributed by atoms with E-state index in [1.165, 1.54) is 6.33 Å². The number of sulfone groups is 1. The Balaban J connectivity index is 1.95. The van der Waals surface area contributed by atoms with Crippen molar-refractivity contribution in [3.63, 3.8) is 0 Å². The standard InChI is InChI=1S/C16H13N3O3S/c20-13-4-2-1-3-11(13)19-16-15-10-7-8-23(21,22)14(10)6-5-12(15)17-9-18-16/h1-6,9,20H,7-8H2,(H,17,18,19). The molecular weight excluding hydrogens is 314 g/mol. The van der Waals surface area contributed by atoms with Crippen LogP contribution in [-0.4, -0.2) is 29.2 Å². The Bertz CT molecular complexity index is 1030. The second kappa shape index (κ2) is 4.92. The van der Waals surface area contributed by atoms with Crippen LogP contribution in [0.3, 0.4) is 0 Å². The Labute approximate surface area is 132 Å². The third-order valence-corrected chi connectivity index (χ3v) is 5.78. The Kier molecular flexibility index (Phi) is 2.99. The molecular formula is C16H13N3O3S. The molecule has 7 heteroatoms. The molecule has 3 aromatic rings. The van der Waals surface area contributed by atoms with Gasteiger partial charge in [0.1, 0.15) is 17.9 Å². The highest BCUT2D eigenvalue weighted by molar-refractivity contribution is 7.91. The number of phenols is 1. The van der Waals surface area contributed by atoms with Crippen molar-refractivity contribution in [2.75, 3.05) is 11.1 Å². The summed E-state index contributed by atoms with van der Waals surface area (Å²) in [6.45, 7) is 0. The van der Waals surface area contributed by atoms with Crippen molar-refractivity contribution >= 4 is 32.2 Å². The first-order chi connectivity index (χ1) is 11.1. The van der Waals surface area contributed by atoms with Crippen LogP contribution in [0.4, 0.5) is 11.5 Å². The number of nitrogens with one attached hydrogen (secondary N) is 1. The number of hydrogen-bond acceptors (Lipinski definition) is 6. The van der Waals surface area contributed by atoms with Gasteiger partial charge in [0.25, 0.3) is 0 Å². The summed E-state index contributed by atoms with van der Waals surface area (Å²) < 4.78 is 24.2. The maximum atomic E-state index is 12.1. The van der Waals surface area contributed by atoms with Crippen molar-refractivity contribution in [2.45, 2.75) is 11.3 Å². The number of para-hydroxylation sites is 2. The molecule has 0 saturated carbocycles. The molecule has 23 heavy (non-hydrogen) atoms. The van der Waals surface area contributed by atoms with Crippen LogP contribution in [0.25, 0.3) is 10.9 Å². The van der Waals surface area contributed by atoms with Crippen molar-refractivity contribution in [1.29, 1.82) is 0 Å². The van der Waals surface area contributed by atoms with E-state index < -0.39 is 9.84 Å². The highest BCUT2D eigenvalue weighted by atomic mass is 32.2. The van der Waals surface area contributed by atoms with Crippen molar-refractivity contribution < 1.29 is 13.5 Å². The van der Waals surface area contributed by atoms with Gasteiger partial charge in [-0.3, -0.25) is 0 Å². The van der Waals surface area contributed by atoms with E-state index in [0.29, 0.717) is 33.7 Å². The van der Waals surface area contributed by atoms with Crippen LogP contribution in [0.1, 0.15) is 5.56 Å². The summed E-state index contributed by atoms with van der Waals surface area (Å²) >= 11 is 0. The SMILES string of the molecule is O=S1(=O)CCc2c1ccc1ncnc(Nc3ccccc3O)c21. The van der Waals surface area contributed by atoms with Crippen molar-refractivity contribution in [3.8, 4) is 5.75 Å². The lowest BCUT2D eigenvalue weighted by atomic mass is 10.1. The van der Waals surface area contributed by atoms with Gasteiger partial charge in [0.15, 0.2) is 9.84 Å². The molecule has 0 saturated heterocycles. The van der Waals surface area contributed by atoms with E-state index in [1.807, 2.05) is 0 Å². The number of fused-ring (bicyclic) bond motifs is 3. The smallest absolute Gasteiger partial charge is 0.179 e. The monoisotopic (exact) mass is 327 g/mol. The molecule has 2 heterocycles. The number of aryl methyl sites for hydroxylation is 1. The normalized spacial score (nSPS) is 15.5. The first kappa shape index (κ1) is 14.0. The third kappa shape index (κ3) is 2.20. The van der Waals surface area contributed by atoms with Crippen molar-refractivity contribution in [3.05, 3.63) is 48.3 Å². The number of anilines is 2. The Morgan fingerprint density at radius 3 is 2.74 bits per heavy atom. The van der Waals surface area contributed by atoms with Crippen LogP contribution in [0.5, 0.6) is 5.75 Å². The lowest BCUT2D eigenvalue weighted by molar-refractivity contribution is 0.477. The van der Waals surface area contributed by atoms with Gasteiger partial charge >= 0.3 is 0 Å². The number of aromatic nitrogens is 2. The van der Waals surface area contributed by atoms with Crippen LogP contribution in [0, 0.1) is 0 Å². The molecule has 6 nitrogen and oxygen atoms in total. The Morgan fingerprint density at radius 1 is 1.09 bits per heavy atom. The molecule has 1 aliphatic rings. The number of aromatic hydroxyl groups is 1. The van der Waals surface area contributed by atoms with E-state index in [0.717, 1.165) is 5.56 Å². The quantitative estimate of drug-likeness (QED) is 0.702. The van der Waals surface area contributed by atoms with E-state index >= 15 is 0 Å². The minimum Gasteiger partial charge on any atom is -0.506 e. The maximum Gasteiger partial charge on any atom is 0.179 e. The van der Waals surface area contributed by atoms with Gasteiger partial charge in [0, 0.05) is 5.39 Å². The second-order valence-corrected chi connectivity index (χ2v) is 7.45. The van der Waals surface area contributed by atoms with Gasteiger partial charge in [0.05, 0.1) is 21.9 Å². The van der Waals surface area contributed by atoms with Gasteiger partial charge in [-0.1, -0.05) is 12.1 Å². The highest BCUT2D eigenvalue weighted by Gasteiger charge is 2.29. The molecule has 0 bridgehead atoms. The molecule has 1 aromatic heterocycles. The van der Waals surface area contributed by atoms with Crippen molar-refractivity contribution in [2.24, 2.45) is 0 Å². The van der Waals surface area contributed by atoms with E-state index in [1.54, 1.807) is 36.4 Å². The van der Waals surface area contributed by atoms with E-state index in [4.69, 9.17) is 0 Å². The second-order valence-electron chi connectivity index (χ2n) is 5.37. The summed E-state index contributed by atoms with van der Waals surface area (Å²) in [5.41, 5.74) is 1.92. The minimum atomic E-state index is -3.23. The van der Waals surface area contributed by atoms with Crippen LogP contribution >= 0.6 is 0 Å². The Hall–Kier alpha value is -2.67. The van der Waals surface area contributed by atoms with Crippen LogP contribution < -0.4 is 5.32 Å². The molecule has 0 unspecified atom stereocenters. The number of nitrogens with zero attached hydrogens (tertiary/aromatic N) is 2. The molecule has 0 fully saturated rings. The first-order valence-corrected chi connectivity index (χ1v) is 8.76. The fourth-order valence-corrected chi connectivity index (χ4v) is 4.44. The van der Waals surface area contributed by atoms with E-state index in [9.17, 15) is 13.5 Å². The van der Waals surface area contributed by atoms with Crippen LogP contribution in [0.15, 0.2) is 47.6 Å². The minimum absolute atomic E-state index is 0.0967. The summed E-state index contributed by atoms with van der Waals surface area (Å²) in [6.07, 6.45) is 1.86. The lowest BCUT2D eigenvalue weighted by Crippen LogP contribution is -2.00. The van der Waals surface area contributed by atoms with Crippen LogP contribution in [0.2, 0.25) is 0 Å². The number of phenolic OH excluding ortho intramolecular Hbond substituents is 1. The number of hydrogen-bond donors (Lipinski definition) is 2. The van der Waals surface area contributed by atoms with E-state index in [2.05, 4.69) is 15.3 Å². The fraction of sp³-hybridized carbons (Fsp3) is 0.125. The molecule has 0 atom stereocenters. The molecule has 0 radical (unpaired) electrons. The predicted molar refractivity (Wildman–Crippen MR) is 86.7 cm³/mol. The van der Waals surface area contributed by atoms with Gasteiger partial charge < -0.3 is 10.4 Å². The maximum absolute atomic E-state index is 12.1. The summed E-state index contributed by atoms with van der Waals surface area (Å²) in [7, 11) is -3.23. The average Bonchev–Trinajstić information content (AvgIpc) is 2.85. The molecule has 2 N–H and O–H groups in total. The molecule has 116 valence electrons. The summed E-state index contributed by atoms with van der Waals surface area (Å²) in [6, 6.07) is 10.1. The summed E-state index contributed by atoms with van der Waals surface area (Å²) in [4.78, 5) is 8.81. The molecule has 0 amide bonds. The predicted octanol–water partition coefficient (Wildman–Crippen LogP) is 2.41. The summed E-state index contributed by atoms with van der Waals surface area (Å²) in [5, 5.41) is 13.7. The van der Waals surface area contributed by atoms with E-state index in [-0.39, 0.29) is 11.5 Å². The first-order valence-electron chi connectivity index (χ1n) is 7.10. The zero-order valence-corrected chi connectivity index (χ0v) is 12.8. The molecule has 2 aromatic carbocycles. The molecule has 0 spiro atoms. The average molecular weight is 327 g/mol. The number of rotatable bonds is 2. The zero-order chi connectivity index (χ0) is 16.0. The lowest BCUT2D eigenvalue weighted by Gasteiger charge is -2.12. The van der Waals surface area contributed by atoms with Gasteiger partial charge in [-0.25, -0.2) is 18.4 Å². The van der Waals surface area contributed by atoms with Crippen LogP contribution in [-0.2, 0) is 16.3 Å². The largest absolute Gasteiger partial charge is 0.506 e. The Morgan fingerprint density at radius 2 is 1.91 bits per heavy atom. The molecule has 4 rings (SSSR count). The highest BCUT2D eigenvalue weighted by Crippen LogP contribution is 2.36. The van der Waals surface area contributed by atoms with Gasteiger partial charge in [-0.05, 0) is 36.2 Å². The topological polar surface area (TPSA) is 92.2 Å². The zero-order valence-electron chi connectivity index (χ0n) is 12.0. The van der Waals surface area contributed by atoms with Crippen molar-refractivity contribution in [1.82, 2.24) is 9.97 Å². The molecule has 0 aliphatic carbocycles. The summed E-state index contributed by atoms with van der Waals surface area (Å²) in [5.74, 6) is 0.691. The third-order valence-electron chi connectivity index (χ3n) is 3.98. The molecule has 1 aliphatic heterocycles.